The highest BCUT2D eigenvalue weighted by atomic mass is 31.2. The van der Waals surface area contributed by atoms with E-state index < -0.39 is 7.60 Å². The summed E-state index contributed by atoms with van der Waals surface area (Å²) in [6.07, 6.45) is 0.169. The maximum absolute atomic E-state index is 11.9. The molecule has 0 aromatic heterocycles. The fourth-order valence-electron chi connectivity index (χ4n) is 1.44. The molecule has 0 saturated heterocycles. The molecule has 0 fully saturated rings. The van der Waals surface area contributed by atoms with Crippen molar-refractivity contribution in [2.24, 2.45) is 0 Å². The molecule has 0 unspecified atom stereocenters. The van der Waals surface area contributed by atoms with Crippen LogP contribution in [0.15, 0.2) is 24.3 Å². The minimum Gasteiger partial charge on any atom is -0.497 e. The van der Waals surface area contributed by atoms with E-state index >= 15 is 0 Å². The van der Waals surface area contributed by atoms with Gasteiger partial charge in [-0.25, -0.2) is 0 Å². The maximum Gasteiger partial charge on any atom is 0.330 e. The monoisotopic (exact) mass is 272 g/mol. The molecule has 0 saturated carbocycles. The van der Waals surface area contributed by atoms with E-state index in [2.05, 4.69) is 0 Å². The molecule has 1 aromatic rings. The summed E-state index contributed by atoms with van der Waals surface area (Å²) in [4.78, 5) is 11.9. The molecule has 0 atom stereocenters. The van der Waals surface area contributed by atoms with Crippen LogP contribution in [0.5, 0.6) is 5.75 Å². The maximum atomic E-state index is 11.9. The average Bonchev–Trinajstić information content (AvgIpc) is 2.44. The topological polar surface area (TPSA) is 61.8 Å². The number of carbonyl (C=O) groups excluding carboxylic acids is 1. The van der Waals surface area contributed by atoms with Crippen molar-refractivity contribution in [1.29, 1.82) is 0 Å². The zero-order valence-electron chi connectivity index (χ0n) is 10.7. The van der Waals surface area contributed by atoms with Crippen LogP contribution in [0.1, 0.15) is 16.8 Å². The second-order valence-electron chi connectivity index (χ2n) is 3.60. The van der Waals surface area contributed by atoms with Crippen molar-refractivity contribution in [1.82, 2.24) is 0 Å². The lowest BCUT2D eigenvalue weighted by atomic mass is 10.1. The highest BCUT2D eigenvalue weighted by Crippen LogP contribution is 2.46. The van der Waals surface area contributed by atoms with Gasteiger partial charge < -0.3 is 13.8 Å². The molecular formula is C12H17O5P. The van der Waals surface area contributed by atoms with Gasteiger partial charge in [-0.2, -0.15) is 0 Å². The van der Waals surface area contributed by atoms with Crippen LogP contribution in [0.4, 0.5) is 0 Å². The van der Waals surface area contributed by atoms with E-state index in [1.807, 2.05) is 0 Å². The first-order valence-electron chi connectivity index (χ1n) is 5.42. The van der Waals surface area contributed by atoms with Crippen LogP contribution >= 0.6 is 7.60 Å². The molecule has 0 radical (unpaired) electrons. The van der Waals surface area contributed by atoms with Crippen LogP contribution in [0.3, 0.4) is 0 Å². The molecular weight excluding hydrogens is 255 g/mol. The molecule has 0 spiro atoms. The van der Waals surface area contributed by atoms with Crippen molar-refractivity contribution in [2.75, 3.05) is 27.5 Å². The van der Waals surface area contributed by atoms with Crippen LogP contribution in [0.25, 0.3) is 0 Å². The van der Waals surface area contributed by atoms with Gasteiger partial charge in [-0.15, -0.1) is 0 Å². The zero-order chi connectivity index (χ0) is 13.6. The van der Waals surface area contributed by atoms with Gasteiger partial charge in [0.05, 0.1) is 13.3 Å². The van der Waals surface area contributed by atoms with Crippen molar-refractivity contribution < 1.29 is 23.1 Å². The van der Waals surface area contributed by atoms with Gasteiger partial charge in [0, 0.05) is 26.2 Å². The Balaban J connectivity index is 2.68. The number of rotatable bonds is 7. The standard InChI is InChI=1S/C12H17O5P/c1-15-11-6-4-5-10(9-11)12(13)7-8-18(14,16-2)17-3/h4-6,9H,7-8H2,1-3H3. The summed E-state index contributed by atoms with van der Waals surface area (Å²) in [6, 6.07) is 6.83. The summed E-state index contributed by atoms with van der Waals surface area (Å²) >= 11 is 0. The van der Waals surface area contributed by atoms with Crippen LogP contribution in [0.2, 0.25) is 0 Å². The van der Waals surface area contributed by atoms with E-state index in [0.29, 0.717) is 11.3 Å². The number of hydrogen-bond donors (Lipinski definition) is 0. The highest BCUT2D eigenvalue weighted by Gasteiger charge is 2.22. The van der Waals surface area contributed by atoms with Gasteiger partial charge in [-0.05, 0) is 12.1 Å². The molecule has 0 bridgehead atoms. The zero-order valence-corrected chi connectivity index (χ0v) is 11.6. The van der Waals surface area contributed by atoms with Gasteiger partial charge in [-0.3, -0.25) is 9.36 Å². The first kappa shape index (κ1) is 14.9. The second kappa shape index (κ2) is 6.69. The number of methoxy groups -OCH3 is 1. The number of Topliss-reactive ketones (excluding diaryl/α,β-unsaturated/α-hetero) is 1. The normalized spacial score (nSPS) is 11.3. The molecule has 0 aliphatic rings. The SMILES string of the molecule is COc1cccc(C(=O)CCP(=O)(OC)OC)c1. The molecule has 0 heterocycles. The van der Waals surface area contributed by atoms with E-state index in [9.17, 15) is 9.36 Å². The van der Waals surface area contributed by atoms with Gasteiger partial charge in [-0.1, -0.05) is 12.1 Å². The Morgan fingerprint density at radius 1 is 1.22 bits per heavy atom. The van der Waals surface area contributed by atoms with Crippen LogP contribution in [-0.4, -0.2) is 33.3 Å². The summed E-state index contributed by atoms with van der Waals surface area (Å²) in [5.74, 6) is 0.491. The van der Waals surface area contributed by atoms with Gasteiger partial charge >= 0.3 is 7.60 Å². The van der Waals surface area contributed by atoms with Gasteiger partial charge in [0.1, 0.15) is 5.75 Å². The van der Waals surface area contributed by atoms with Gasteiger partial charge in [0.25, 0.3) is 0 Å². The van der Waals surface area contributed by atoms with E-state index in [-0.39, 0.29) is 18.4 Å². The van der Waals surface area contributed by atoms with Crippen molar-refractivity contribution in [2.45, 2.75) is 6.42 Å². The third kappa shape index (κ3) is 3.95. The van der Waals surface area contributed by atoms with E-state index in [4.69, 9.17) is 13.8 Å². The lowest BCUT2D eigenvalue weighted by Gasteiger charge is -2.12. The predicted octanol–water partition coefficient (Wildman–Crippen LogP) is 2.75. The Morgan fingerprint density at radius 3 is 2.44 bits per heavy atom. The summed E-state index contributed by atoms with van der Waals surface area (Å²) in [5, 5.41) is 0. The summed E-state index contributed by atoms with van der Waals surface area (Å²) in [5.41, 5.74) is 0.521. The Labute approximate surface area is 107 Å². The molecule has 1 rings (SSSR count). The largest absolute Gasteiger partial charge is 0.497 e. The Hall–Kier alpha value is -1.16. The molecule has 0 N–H and O–H groups in total. The van der Waals surface area contributed by atoms with Crippen molar-refractivity contribution >= 4 is 13.4 Å². The summed E-state index contributed by atoms with van der Waals surface area (Å²) in [6.45, 7) is 0. The number of hydrogen-bond acceptors (Lipinski definition) is 5. The fraction of sp³-hybridized carbons (Fsp3) is 0.417. The minimum atomic E-state index is -3.13. The Morgan fingerprint density at radius 2 is 1.89 bits per heavy atom. The third-order valence-corrected chi connectivity index (χ3v) is 4.44. The van der Waals surface area contributed by atoms with E-state index in [1.165, 1.54) is 21.3 Å². The number of ketones is 1. The Bertz CT molecular complexity index is 450. The first-order chi connectivity index (χ1) is 8.54. The van der Waals surface area contributed by atoms with Crippen molar-refractivity contribution in [3.05, 3.63) is 29.8 Å². The fourth-order valence-corrected chi connectivity index (χ4v) is 2.43. The van der Waals surface area contributed by atoms with E-state index in [1.54, 1.807) is 24.3 Å². The average molecular weight is 272 g/mol. The number of benzene rings is 1. The summed E-state index contributed by atoms with van der Waals surface area (Å²) < 4.78 is 26.4. The molecule has 0 amide bonds. The molecule has 1 aromatic carbocycles. The molecule has 18 heavy (non-hydrogen) atoms. The van der Waals surface area contributed by atoms with Gasteiger partial charge in [0.15, 0.2) is 5.78 Å². The van der Waals surface area contributed by atoms with Crippen molar-refractivity contribution in [3.63, 3.8) is 0 Å². The molecule has 0 aliphatic heterocycles. The molecule has 5 nitrogen and oxygen atoms in total. The van der Waals surface area contributed by atoms with Crippen LogP contribution < -0.4 is 4.74 Å². The molecule has 100 valence electrons. The van der Waals surface area contributed by atoms with Gasteiger partial charge in [0.2, 0.25) is 0 Å². The Kier molecular flexibility index (Phi) is 5.54. The molecule has 0 aliphatic carbocycles. The third-order valence-electron chi connectivity index (χ3n) is 2.56. The highest BCUT2D eigenvalue weighted by molar-refractivity contribution is 7.53. The van der Waals surface area contributed by atoms with Crippen LogP contribution in [0, 0.1) is 0 Å². The lowest BCUT2D eigenvalue weighted by Crippen LogP contribution is -2.04. The lowest BCUT2D eigenvalue weighted by molar-refractivity contribution is 0.0985. The number of carbonyl (C=O) groups is 1. The smallest absolute Gasteiger partial charge is 0.330 e. The quantitative estimate of drug-likeness (QED) is 0.564. The predicted molar refractivity (Wildman–Crippen MR) is 68.4 cm³/mol. The first-order valence-corrected chi connectivity index (χ1v) is 7.15. The number of ether oxygens (including phenoxy) is 1. The second-order valence-corrected chi connectivity index (χ2v) is 6.00. The van der Waals surface area contributed by atoms with Crippen molar-refractivity contribution in [3.8, 4) is 5.75 Å². The molecule has 6 heteroatoms. The van der Waals surface area contributed by atoms with Crippen LogP contribution in [-0.2, 0) is 13.6 Å². The summed E-state index contributed by atoms with van der Waals surface area (Å²) in [7, 11) is 1.02. The van der Waals surface area contributed by atoms with E-state index in [0.717, 1.165) is 0 Å². The minimum absolute atomic E-state index is 0.0655.